The maximum Gasteiger partial charge on any atom is 0.267 e. The van der Waals surface area contributed by atoms with Gasteiger partial charge < -0.3 is 10.2 Å². The van der Waals surface area contributed by atoms with Crippen LogP contribution >= 0.6 is 0 Å². The molecule has 6 heteroatoms. The zero-order valence-electron chi connectivity index (χ0n) is 15.6. The van der Waals surface area contributed by atoms with Crippen molar-refractivity contribution < 1.29 is 9.59 Å². The summed E-state index contributed by atoms with van der Waals surface area (Å²) in [6, 6.07) is 9.12. The van der Waals surface area contributed by atoms with E-state index < -0.39 is 6.04 Å². The number of anilines is 1. The number of hydrazone groups is 1. The van der Waals surface area contributed by atoms with E-state index in [1.807, 2.05) is 30.3 Å². The van der Waals surface area contributed by atoms with Gasteiger partial charge in [0.1, 0.15) is 11.8 Å². The number of rotatable bonds is 6. The van der Waals surface area contributed by atoms with Gasteiger partial charge in [0.05, 0.1) is 5.69 Å². The van der Waals surface area contributed by atoms with E-state index >= 15 is 0 Å². The summed E-state index contributed by atoms with van der Waals surface area (Å²) in [7, 11) is 0. The van der Waals surface area contributed by atoms with Gasteiger partial charge in [0.2, 0.25) is 0 Å². The Morgan fingerprint density at radius 3 is 2.54 bits per heavy atom. The highest BCUT2D eigenvalue weighted by Gasteiger charge is 2.34. The van der Waals surface area contributed by atoms with Crippen molar-refractivity contribution in [3.8, 4) is 0 Å². The maximum atomic E-state index is 12.5. The Balaban J connectivity index is 1.56. The van der Waals surface area contributed by atoms with Crippen molar-refractivity contribution in [1.82, 2.24) is 10.2 Å². The summed E-state index contributed by atoms with van der Waals surface area (Å²) in [5.41, 5.74) is 1.26. The minimum Gasteiger partial charge on any atom is -0.350 e. The molecule has 1 atom stereocenters. The second-order valence-corrected chi connectivity index (χ2v) is 7.34. The summed E-state index contributed by atoms with van der Waals surface area (Å²) in [4.78, 5) is 26.9. The zero-order chi connectivity index (χ0) is 18.5. The molecular formula is C20H28N4O2. The van der Waals surface area contributed by atoms with Gasteiger partial charge >= 0.3 is 0 Å². The molecule has 1 unspecified atom stereocenters. The van der Waals surface area contributed by atoms with Crippen LogP contribution in [0.4, 0.5) is 5.69 Å². The van der Waals surface area contributed by atoms with Crippen LogP contribution in [0.5, 0.6) is 0 Å². The number of nitrogens with zero attached hydrogens (tertiary/aromatic N) is 3. The number of carbonyl (C=O) groups excluding carboxylic acids is 2. The molecule has 0 bridgehead atoms. The molecule has 2 aliphatic rings. The summed E-state index contributed by atoms with van der Waals surface area (Å²) in [6.07, 6.45) is 2.82. The molecule has 0 spiro atoms. The van der Waals surface area contributed by atoms with Gasteiger partial charge in [-0.3, -0.25) is 14.6 Å². The molecule has 0 radical (unpaired) electrons. The topological polar surface area (TPSA) is 65.0 Å². The molecule has 1 N–H and O–H groups in total. The Morgan fingerprint density at radius 1 is 1.19 bits per heavy atom. The average Bonchev–Trinajstić information content (AvgIpc) is 3.10. The van der Waals surface area contributed by atoms with Crippen molar-refractivity contribution in [1.29, 1.82) is 0 Å². The third kappa shape index (κ3) is 4.49. The van der Waals surface area contributed by atoms with Crippen LogP contribution in [0, 0.1) is 5.92 Å². The molecule has 26 heavy (non-hydrogen) atoms. The Morgan fingerprint density at radius 2 is 1.88 bits per heavy atom. The quantitative estimate of drug-likeness (QED) is 0.847. The first-order valence-corrected chi connectivity index (χ1v) is 9.47. The highest BCUT2D eigenvalue weighted by molar-refractivity contribution is 6.40. The number of ketones is 1. The fraction of sp³-hybridized carbons (Fsp3) is 0.550. The average molecular weight is 356 g/mol. The summed E-state index contributed by atoms with van der Waals surface area (Å²) < 4.78 is 0. The van der Waals surface area contributed by atoms with Crippen molar-refractivity contribution in [3.05, 3.63) is 30.3 Å². The van der Waals surface area contributed by atoms with E-state index in [0.717, 1.165) is 31.2 Å². The smallest absolute Gasteiger partial charge is 0.267 e. The maximum absolute atomic E-state index is 12.5. The number of nitrogens with one attached hydrogen (secondary N) is 1. The van der Waals surface area contributed by atoms with Gasteiger partial charge in [-0.1, -0.05) is 25.1 Å². The zero-order valence-corrected chi connectivity index (χ0v) is 15.6. The molecule has 0 aromatic heterocycles. The number of carbonyl (C=O) groups is 2. The van der Waals surface area contributed by atoms with Gasteiger partial charge in [-0.25, -0.2) is 0 Å². The normalized spacial score (nSPS) is 21.5. The second-order valence-electron chi connectivity index (χ2n) is 7.34. The molecule has 1 aromatic rings. The predicted molar refractivity (Wildman–Crippen MR) is 103 cm³/mol. The summed E-state index contributed by atoms with van der Waals surface area (Å²) >= 11 is 0. The summed E-state index contributed by atoms with van der Waals surface area (Å²) in [6.45, 7) is 7.53. The Hall–Kier alpha value is -2.21. The molecular weight excluding hydrogens is 328 g/mol. The van der Waals surface area contributed by atoms with Crippen molar-refractivity contribution in [2.75, 3.05) is 31.2 Å². The molecule has 140 valence electrons. The molecule has 1 saturated heterocycles. The second kappa shape index (κ2) is 8.45. The molecule has 1 fully saturated rings. The van der Waals surface area contributed by atoms with E-state index in [1.54, 1.807) is 11.9 Å². The highest BCUT2D eigenvalue weighted by atomic mass is 16.2. The third-order valence-corrected chi connectivity index (χ3v) is 5.25. The first kappa shape index (κ1) is 18.6. The first-order chi connectivity index (χ1) is 12.5. The molecule has 3 rings (SSSR count). The van der Waals surface area contributed by atoms with Crippen LogP contribution in [0.3, 0.4) is 0 Å². The molecule has 1 aromatic carbocycles. The monoisotopic (exact) mass is 356 g/mol. The fourth-order valence-corrected chi connectivity index (χ4v) is 3.50. The van der Waals surface area contributed by atoms with Gasteiger partial charge in [0, 0.05) is 19.5 Å². The summed E-state index contributed by atoms with van der Waals surface area (Å²) in [5.74, 6) is 0.657. The number of hydrogen-bond acceptors (Lipinski definition) is 5. The van der Waals surface area contributed by atoms with Gasteiger partial charge in [-0.05, 0) is 50.9 Å². The van der Waals surface area contributed by atoms with Crippen LogP contribution in [0.15, 0.2) is 35.4 Å². The Labute approximate surface area is 155 Å². The van der Waals surface area contributed by atoms with E-state index in [0.29, 0.717) is 18.7 Å². The highest BCUT2D eigenvalue weighted by Crippen LogP contribution is 2.25. The SMILES string of the molecule is CC(=O)C1CC(C(=O)NCCN2CCC(C)CC2)=NN1c1ccccc1. The van der Waals surface area contributed by atoms with Crippen LogP contribution in [0.25, 0.3) is 0 Å². The van der Waals surface area contributed by atoms with Crippen molar-refractivity contribution in [2.45, 2.75) is 39.2 Å². The van der Waals surface area contributed by atoms with Gasteiger partial charge in [0.15, 0.2) is 5.78 Å². The third-order valence-electron chi connectivity index (χ3n) is 5.25. The fourth-order valence-electron chi connectivity index (χ4n) is 3.50. The van der Waals surface area contributed by atoms with Crippen LogP contribution in [-0.2, 0) is 9.59 Å². The van der Waals surface area contributed by atoms with Crippen molar-refractivity contribution in [3.63, 3.8) is 0 Å². The molecule has 0 aliphatic carbocycles. The van der Waals surface area contributed by atoms with Crippen molar-refractivity contribution in [2.24, 2.45) is 11.0 Å². The Bertz CT molecular complexity index is 666. The van der Waals surface area contributed by atoms with Crippen LogP contribution < -0.4 is 10.3 Å². The molecule has 2 heterocycles. The lowest BCUT2D eigenvalue weighted by Crippen LogP contribution is -2.41. The van der Waals surface area contributed by atoms with Crippen LogP contribution in [-0.4, -0.2) is 54.5 Å². The molecule has 0 saturated carbocycles. The van der Waals surface area contributed by atoms with E-state index in [1.165, 1.54) is 12.8 Å². The van der Waals surface area contributed by atoms with Crippen molar-refractivity contribution >= 4 is 23.1 Å². The van der Waals surface area contributed by atoms with Gasteiger partial charge in [-0.2, -0.15) is 5.10 Å². The predicted octanol–water partition coefficient (Wildman–Crippen LogP) is 2.06. The number of piperidine rings is 1. The molecule has 6 nitrogen and oxygen atoms in total. The lowest BCUT2D eigenvalue weighted by Gasteiger charge is -2.30. The van der Waals surface area contributed by atoms with E-state index in [2.05, 4.69) is 22.2 Å². The van der Waals surface area contributed by atoms with Crippen LogP contribution in [0.1, 0.15) is 33.1 Å². The van der Waals surface area contributed by atoms with Crippen LogP contribution in [0.2, 0.25) is 0 Å². The van der Waals surface area contributed by atoms with E-state index in [9.17, 15) is 9.59 Å². The number of likely N-dealkylation sites (tertiary alicyclic amines) is 1. The number of para-hydroxylation sites is 1. The molecule has 2 aliphatic heterocycles. The van der Waals surface area contributed by atoms with E-state index in [4.69, 9.17) is 0 Å². The standard InChI is InChI=1S/C20H28N4O2/c1-15-8-11-23(12-9-15)13-10-21-20(26)18-14-19(16(2)25)24(22-18)17-6-4-3-5-7-17/h3-7,15,19H,8-14H2,1-2H3,(H,21,26). The van der Waals surface area contributed by atoms with Gasteiger partial charge in [-0.15, -0.1) is 0 Å². The summed E-state index contributed by atoms with van der Waals surface area (Å²) in [5, 5.41) is 9.07. The Kier molecular flexibility index (Phi) is 6.04. The number of Topliss-reactive ketones (excluding diaryl/α,β-unsaturated/α-hetero) is 1. The largest absolute Gasteiger partial charge is 0.350 e. The first-order valence-electron chi connectivity index (χ1n) is 9.47. The minimum absolute atomic E-state index is 0.0165. The lowest BCUT2D eigenvalue weighted by molar-refractivity contribution is -0.118. The van der Waals surface area contributed by atoms with Gasteiger partial charge in [0.25, 0.3) is 5.91 Å². The number of hydrogen-bond donors (Lipinski definition) is 1. The lowest BCUT2D eigenvalue weighted by atomic mass is 9.99. The molecule has 1 amide bonds. The number of amides is 1. The minimum atomic E-state index is -0.401. The number of benzene rings is 1. The van der Waals surface area contributed by atoms with E-state index in [-0.39, 0.29) is 11.7 Å².